The molecule has 1 saturated heterocycles. The van der Waals surface area contributed by atoms with Gasteiger partial charge in [-0.1, -0.05) is 6.42 Å². The van der Waals surface area contributed by atoms with Gasteiger partial charge in [0.1, 0.15) is 11.7 Å². The molecule has 1 aromatic rings. The minimum Gasteiger partial charge on any atom is -0.321 e. The van der Waals surface area contributed by atoms with E-state index < -0.39 is 0 Å². The highest BCUT2D eigenvalue weighted by atomic mass is 32.2. The van der Waals surface area contributed by atoms with Crippen molar-refractivity contribution < 1.29 is 4.79 Å². The summed E-state index contributed by atoms with van der Waals surface area (Å²) in [6.07, 6.45) is 7.86. The van der Waals surface area contributed by atoms with E-state index in [9.17, 15) is 4.79 Å². The molecule has 1 atom stereocenters. The van der Waals surface area contributed by atoms with Crippen molar-refractivity contribution in [1.82, 2.24) is 10.2 Å². The molecule has 0 bridgehead atoms. The van der Waals surface area contributed by atoms with Crippen LogP contribution < -0.4 is 5.32 Å². The van der Waals surface area contributed by atoms with Gasteiger partial charge in [-0.05, 0) is 60.1 Å². The molecule has 1 aliphatic heterocycles. The molecule has 1 N–H and O–H groups in total. The van der Waals surface area contributed by atoms with Gasteiger partial charge < -0.3 is 4.90 Å². The molecule has 1 aliphatic carbocycles. The van der Waals surface area contributed by atoms with E-state index in [2.05, 4.69) is 33.3 Å². The molecule has 1 unspecified atom stereocenters. The van der Waals surface area contributed by atoms with Gasteiger partial charge in [-0.2, -0.15) is 23.1 Å². The summed E-state index contributed by atoms with van der Waals surface area (Å²) < 4.78 is 0. The lowest BCUT2D eigenvalue weighted by Crippen LogP contribution is -2.33. The Morgan fingerprint density at radius 2 is 2.30 bits per heavy atom. The summed E-state index contributed by atoms with van der Waals surface area (Å²) in [4.78, 5) is 14.7. The predicted octanol–water partition coefficient (Wildman–Crippen LogP) is 3.24. The third-order valence-corrected chi connectivity index (χ3v) is 5.65. The number of thiophene rings is 1. The molecule has 2 aliphatic rings. The summed E-state index contributed by atoms with van der Waals surface area (Å²) in [7, 11) is 0. The standard InChI is InChI=1S/C15H22N2OS2/c1-19-9-4-2-3-8-17-13(12-5-10-20-11-12)16-15(6-7-15)14(17)18/h5,10-11,13,16H,2-4,6-9H2,1H3. The van der Waals surface area contributed by atoms with Crippen molar-refractivity contribution in [3.8, 4) is 0 Å². The predicted molar refractivity (Wildman–Crippen MR) is 86.1 cm³/mol. The lowest BCUT2D eigenvalue weighted by Gasteiger charge is -2.23. The smallest absolute Gasteiger partial charge is 0.244 e. The van der Waals surface area contributed by atoms with E-state index in [4.69, 9.17) is 0 Å². The molecule has 3 rings (SSSR count). The third kappa shape index (κ3) is 2.76. The number of hydrogen-bond donors (Lipinski definition) is 1. The first-order valence-electron chi connectivity index (χ1n) is 7.37. The largest absolute Gasteiger partial charge is 0.321 e. The zero-order valence-corrected chi connectivity index (χ0v) is 13.6. The summed E-state index contributed by atoms with van der Waals surface area (Å²) in [6.45, 7) is 0.891. The molecular weight excluding hydrogens is 288 g/mol. The topological polar surface area (TPSA) is 32.3 Å². The van der Waals surface area contributed by atoms with Gasteiger partial charge in [0.15, 0.2) is 0 Å². The van der Waals surface area contributed by atoms with Gasteiger partial charge in [-0.3, -0.25) is 10.1 Å². The van der Waals surface area contributed by atoms with E-state index in [1.165, 1.54) is 24.2 Å². The minimum absolute atomic E-state index is 0.108. The summed E-state index contributed by atoms with van der Waals surface area (Å²) >= 11 is 3.61. The quantitative estimate of drug-likeness (QED) is 0.785. The first-order chi connectivity index (χ1) is 9.77. The van der Waals surface area contributed by atoms with Crippen LogP contribution in [0, 0.1) is 0 Å². The molecule has 1 aromatic heterocycles. The highest BCUT2D eigenvalue weighted by Crippen LogP contribution is 2.46. The van der Waals surface area contributed by atoms with Crippen molar-refractivity contribution in [2.75, 3.05) is 18.6 Å². The first kappa shape index (κ1) is 14.4. The van der Waals surface area contributed by atoms with E-state index in [1.807, 2.05) is 11.8 Å². The van der Waals surface area contributed by atoms with Crippen LogP contribution in [0.25, 0.3) is 0 Å². The summed E-state index contributed by atoms with van der Waals surface area (Å²) in [5.41, 5.74) is 1.04. The number of nitrogens with zero attached hydrogens (tertiary/aromatic N) is 1. The number of rotatable bonds is 7. The van der Waals surface area contributed by atoms with Gasteiger partial charge in [-0.25, -0.2) is 0 Å². The number of nitrogens with one attached hydrogen (secondary N) is 1. The second-order valence-electron chi connectivity index (χ2n) is 5.74. The van der Waals surface area contributed by atoms with Crippen molar-refractivity contribution in [2.45, 2.75) is 43.8 Å². The molecule has 1 spiro atoms. The number of hydrogen-bond acceptors (Lipinski definition) is 4. The normalized spacial score (nSPS) is 23.8. The Morgan fingerprint density at radius 3 is 2.95 bits per heavy atom. The number of carbonyl (C=O) groups excluding carboxylic acids is 1. The highest BCUT2D eigenvalue weighted by molar-refractivity contribution is 7.98. The van der Waals surface area contributed by atoms with E-state index in [0.717, 1.165) is 25.8 Å². The maximum atomic E-state index is 12.6. The third-order valence-electron chi connectivity index (χ3n) is 4.25. The summed E-state index contributed by atoms with van der Waals surface area (Å²) in [6, 6.07) is 2.14. The second-order valence-corrected chi connectivity index (χ2v) is 7.50. The van der Waals surface area contributed by atoms with E-state index in [-0.39, 0.29) is 11.7 Å². The fourth-order valence-electron chi connectivity index (χ4n) is 2.91. The molecule has 2 heterocycles. The molecule has 1 saturated carbocycles. The number of thioether (sulfide) groups is 1. The van der Waals surface area contributed by atoms with Gasteiger partial charge in [0, 0.05) is 6.54 Å². The lowest BCUT2D eigenvalue weighted by atomic mass is 10.2. The Morgan fingerprint density at radius 1 is 1.45 bits per heavy atom. The number of amides is 1. The molecule has 0 aromatic carbocycles. The maximum absolute atomic E-state index is 12.6. The average Bonchev–Trinajstić information content (AvgIpc) is 2.93. The van der Waals surface area contributed by atoms with Crippen LogP contribution >= 0.6 is 23.1 Å². The van der Waals surface area contributed by atoms with Crippen LogP contribution in [0.2, 0.25) is 0 Å². The number of carbonyl (C=O) groups is 1. The maximum Gasteiger partial charge on any atom is 0.244 e. The summed E-state index contributed by atoms with van der Waals surface area (Å²) in [5, 5.41) is 7.83. The summed E-state index contributed by atoms with van der Waals surface area (Å²) in [5.74, 6) is 1.56. The Hall–Kier alpha value is -0.520. The van der Waals surface area contributed by atoms with Crippen molar-refractivity contribution in [1.29, 1.82) is 0 Å². The Bertz CT molecular complexity index is 456. The van der Waals surface area contributed by atoms with Crippen molar-refractivity contribution in [3.63, 3.8) is 0 Å². The van der Waals surface area contributed by atoms with Crippen LogP contribution in [0.15, 0.2) is 16.8 Å². The van der Waals surface area contributed by atoms with Crippen molar-refractivity contribution in [3.05, 3.63) is 22.4 Å². The van der Waals surface area contributed by atoms with Crippen LogP contribution in [0.4, 0.5) is 0 Å². The zero-order valence-electron chi connectivity index (χ0n) is 11.9. The average molecular weight is 310 g/mol. The van der Waals surface area contributed by atoms with Crippen LogP contribution in [-0.4, -0.2) is 34.9 Å². The second kappa shape index (κ2) is 6.08. The molecule has 1 amide bonds. The van der Waals surface area contributed by atoms with Crippen LogP contribution in [-0.2, 0) is 4.79 Å². The first-order valence-corrected chi connectivity index (χ1v) is 9.70. The molecule has 20 heavy (non-hydrogen) atoms. The molecule has 2 fully saturated rings. The van der Waals surface area contributed by atoms with Gasteiger partial charge in [0.25, 0.3) is 0 Å². The van der Waals surface area contributed by atoms with E-state index in [0.29, 0.717) is 5.91 Å². The van der Waals surface area contributed by atoms with Crippen LogP contribution in [0.5, 0.6) is 0 Å². The molecular formula is C15H22N2OS2. The van der Waals surface area contributed by atoms with Gasteiger partial charge in [0.2, 0.25) is 5.91 Å². The number of unbranched alkanes of at least 4 members (excludes halogenated alkanes) is 2. The Balaban J connectivity index is 1.61. The van der Waals surface area contributed by atoms with Gasteiger partial charge >= 0.3 is 0 Å². The fourth-order valence-corrected chi connectivity index (χ4v) is 4.08. The van der Waals surface area contributed by atoms with Gasteiger partial charge in [0.05, 0.1) is 0 Å². The monoisotopic (exact) mass is 310 g/mol. The SMILES string of the molecule is CSCCCCCN1C(=O)C2(CC2)NC1c1ccsc1. The highest BCUT2D eigenvalue weighted by Gasteiger charge is 2.59. The lowest BCUT2D eigenvalue weighted by molar-refractivity contribution is -0.130. The molecule has 5 heteroatoms. The van der Waals surface area contributed by atoms with E-state index in [1.54, 1.807) is 11.3 Å². The Kier molecular flexibility index (Phi) is 4.38. The van der Waals surface area contributed by atoms with Crippen LogP contribution in [0.1, 0.15) is 43.8 Å². The molecule has 110 valence electrons. The van der Waals surface area contributed by atoms with E-state index >= 15 is 0 Å². The fraction of sp³-hybridized carbons (Fsp3) is 0.667. The van der Waals surface area contributed by atoms with Crippen molar-refractivity contribution >= 4 is 29.0 Å². The minimum atomic E-state index is -0.203. The molecule has 0 radical (unpaired) electrons. The molecule has 3 nitrogen and oxygen atoms in total. The van der Waals surface area contributed by atoms with Gasteiger partial charge in [-0.15, -0.1) is 0 Å². The van der Waals surface area contributed by atoms with Crippen LogP contribution in [0.3, 0.4) is 0 Å². The van der Waals surface area contributed by atoms with Crippen molar-refractivity contribution in [2.24, 2.45) is 0 Å². The zero-order chi connectivity index (χ0) is 14.0. The Labute approximate surface area is 129 Å².